The maximum Gasteiger partial charge on any atom is 0.0624 e. The van der Waals surface area contributed by atoms with Crippen LogP contribution >= 0.6 is 11.8 Å². The standard InChI is InChI=1S/C14H20N2OS/c17-9-14(11-1-2-11,16-12-3-4-12)10-18-13-5-7-15-8-6-13/h5-8,11-12,16-17H,1-4,9-10H2. The monoisotopic (exact) mass is 264 g/mol. The Morgan fingerprint density at radius 1 is 1.28 bits per heavy atom. The number of aliphatic hydroxyl groups is 1. The molecular formula is C14H20N2OS. The lowest BCUT2D eigenvalue weighted by atomic mass is 9.96. The van der Waals surface area contributed by atoms with Crippen LogP contribution in [0.3, 0.4) is 0 Å². The summed E-state index contributed by atoms with van der Waals surface area (Å²) < 4.78 is 0. The summed E-state index contributed by atoms with van der Waals surface area (Å²) in [6.45, 7) is 0.256. The van der Waals surface area contributed by atoms with E-state index in [4.69, 9.17) is 0 Å². The average molecular weight is 264 g/mol. The molecule has 0 spiro atoms. The van der Waals surface area contributed by atoms with Crippen molar-refractivity contribution in [2.24, 2.45) is 5.92 Å². The molecule has 2 fully saturated rings. The minimum Gasteiger partial charge on any atom is -0.394 e. The van der Waals surface area contributed by atoms with Crippen LogP contribution in [0.25, 0.3) is 0 Å². The zero-order valence-corrected chi connectivity index (χ0v) is 11.3. The van der Waals surface area contributed by atoms with Crippen molar-refractivity contribution < 1.29 is 5.11 Å². The SMILES string of the molecule is OCC(CSc1ccncc1)(NC1CC1)C1CC1. The Balaban J connectivity index is 1.65. The summed E-state index contributed by atoms with van der Waals surface area (Å²) in [4.78, 5) is 5.27. The van der Waals surface area contributed by atoms with E-state index in [0.717, 1.165) is 5.75 Å². The van der Waals surface area contributed by atoms with Gasteiger partial charge in [-0.25, -0.2) is 0 Å². The quantitative estimate of drug-likeness (QED) is 0.740. The minimum atomic E-state index is -0.0604. The van der Waals surface area contributed by atoms with Crippen LogP contribution in [0.2, 0.25) is 0 Å². The van der Waals surface area contributed by atoms with Crippen molar-refractivity contribution >= 4 is 11.8 Å². The molecule has 18 heavy (non-hydrogen) atoms. The second-order valence-corrected chi connectivity index (χ2v) is 6.53. The van der Waals surface area contributed by atoms with Gasteiger partial charge >= 0.3 is 0 Å². The molecule has 0 aliphatic heterocycles. The zero-order valence-electron chi connectivity index (χ0n) is 10.5. The van der Waals surface area contributed by atoms with Gasteiger partial charge in [0.1, 0.15) is 0 Å². The molecule has 3 rings (SSSR count). The molecule has 1 aromatic rings. The predicted octanol–water partition coefficient (Wildman–Crippen LogP) is 2.07. The van der Waals surface area contributed by atoms with E-state index < -0.39 is 0 Å². The van der Waals surface area contributed by atoms with E-state index in [9.17, 15) is 5.11 Å². The van der Waals surface area contributed by atoms with Crippen LogP contribution in [0.15, 0.2) is 29.4 Å². The van der Waals surface area contributed by atoms with E-state index in [-0.39, 0.29) is 12.1 Å². The van der Waals surface area contributed by atoms with E-state index >= 15 is 0 Å². The summed E-state index contributed by atoms with van der Waals surface area (Å²) in [5.74, 6) is 1.62. The first-order valence-electron chi connectivity index (χ1n) is 6.74. The third-order valence-corrected chi connectivity index (χ3v) is 5.12. The van der Waals surface area contributed by atoms with Gasteiger partial charge in [-0.05, 0) is 43.7 Å². The van der Waals surface area contributed by atoms with Crippen molar-refractivity contribution in [3.8, 4) is 0 Å². The highest BCUT2D eigenvalue weighted by atomic mass is 32.2. The molecule has 0 radical (unpaired) electrons. The largest absolute Gasteiger partial charge is 0.394 e. The van der Waals surface area contributed by atoms with E-state index in [1.54, 1.807) is 0 Å². The van der Waals surface area contributed by atoms with Crippen molar-refractivity contribution in [3.63, 3.8) is 0 Å². The number of aliphatic hydroxyl groups excluding tert-OH is 1. The fourth-order valence-corrected chi connectivity index (χ4v) is 3.56. The first kappa shape index (κ1) is 12.5. The van der Waals surface area contributed by atoms with Crippen LogP contribution in [-0.4, -0.2) is 34.0 Å². The van der Waals surface area contributed by atoms with Crippen LogP contribution in [0.1, 0.15) is 25.7 Å². The number of nitrogens with one attached hydrogen (secondary N) is 1. The molecule has 0 aromatic carbocycles. The van der Waals surface area contributed by atoms with Gasteiger partial charge < -0.3 is 10.4 Å². The molecule has 2 aliphatic rings. The Hall–Kier alpha value is -0.580. The third kappa shape index (κ3) is 2.87. The summed E-state index contributed by atoms with van der Waals surface area (Å²) >= 11 is 1.83. The second kappa shape index (κ2) is 5.19. The number of aromatic nitrogens is 1. The van der Waals surface area contributed by atoms with Crippen LogP contribution in [0.4, 0.5) is 0 Å². The summed E-state index contributed by atoms with van der Waals surface area (Å²) in [6, 6.07) is 4.73. The molecule has 2 aliphatic carbocycles. The fourth-order valence-electron chi connectivity index (χ4n) is 2.41. The number of hydrogen-bond donors (Lipinski definition) is 2. The summed E-state index contributed by atoms with van der Waals surface area (Å²) in [5.41, 5.74) is -0.0604. The van der Waals surface area contributed by atoms with Gasteiger partial charge in [0.15, 0.2) is 0 Å². The second-order valence-electron chi connectivity index (χ2n) is 5.48. The molecule has 0 saturated heterocycles. The zero-order chi connectivity index (χ0) is 12.4. The Morgan fingerprint density at radius 3 is 2.56 bits per heavy atom. The van der Waals surface area contributed by atoms with Crippen molar-refractivity contribution in [3.05, 3.63) is 24.5 Å². The Morgan fingerprint density at radius 2 is 2.00 bits per heavy atom. The highest BCUT2D eigenvalue weighted by Crippen LogP contribution is 2.43. The van der Waals surface area contributed by atoms with Crippen LogP contribution in [0.5, 0.6) is 0 Å². The highest BCUT2D eigenvalue weighted by Gasteiger charge is 2.47. The first-order chi connectivity index (χ1) is 8.82. The summed E-state index contributed by atoms with van der Waals surface area (Å²) in [6.07, 6.45) is 8.72. The van der Waals surface area contributed by atoms with Crippen LogP contribution in [-0.2, 0) is 0 Å². The minimum absolute atomic E-state index is 0.0604. The molecular weight excluding hydrogens is 244 g/mol. The van der Waals surface area contributed by atoms with Gasteiger partial charge in [0.25, 0.3) is 0 Å². The van der Waals surface area contributed by atoms with Crippen molar-refractivity contribution in [1.82, 2.24) is 10.3 Å². The van der Waals surface area contributed by atoms with Crippen molar-refractivity contribution in [2.75, 3.05) is 12.4 Å². The van der Waals surface area contributed by atoms with Gasteiger partial charge in [0.05, 0.1) is 12.1 Å². The van der Waals surface area contributed by atoms with Gasteiger partial charge in [0, 0.05) is 29.1 Å². The predicted molar refractivity (Wildman–Crippen MR) is 73.7 cm³/mol. The third-order valence-electron chi connectivity index (χ3n) is 3.86. The molecule has 0 amide bonds. The van der Waals surface area contributed by atoms with Gasteiger partial charge in [-0.1, -0.05) is 0 Å². The van der Waals surface area contributed by atoms with E-state index in [1.807, 2.05) is 36.3 Å². The van der Waals surface area contributed by atoms with Gasteiger partial charge in [0.2, 0.25) is 0 Å². The molecule has 4 heteroatoms. The van der Waals surface area contributed by atoms with Gasteiger partial charge in [-0.3, -0.25) is 4.98 Å². The topological polar surface area (TPSA) is 45.2 Å². The fraction of sp³-hybridized carbons (Fsp3) is 0.643. The molecule has 3 nitrogen and oxygen atoms in total. The van der Waals surface area contributed by atoms with Crippen molar-refractivity contribution in [2.45, 2.75) is 42.2 Å². The lowest BCUT2D eigenvalue weighted by Crippen LogP contribution is -2.53. The van der Waals surface area contributed by atoms with Crippen LogP contribution in [0, 0.1) is 5.92 Å². The maximum atomic E-state index is 9.85. The molecule has 2 saturated carbocycles. The average Bonchev–Trinajstić information content (AvgIpc) is 3.28. The number of pyridine rings is 1. The Kier molecular flexibility index (Phi) is 3.59. The Labute approximate surface area is 112 Å². The number of hydrogen-bond acceptors (Lipinski definition) is 4. The van der Waals surface area contributed by atoms with Crippen LogP contribution < -0.4 is 5.32 Å². The molecule has 1 unspecified atom stereocenters. The highest BCUT2D eigenvalue weighted by molar-refractivity contribution is 7.99. The van der Waals surface area contributed by atoms with Gasteiger partial charge in [-0.15, -0.1) is 11.8 Å². The van der Waals surface area contributed by atoms with E-state index in [0.29, 0.717) is 12.0 Å². The first-order valence-corrected chi connectivity index (χ1v) is 7.72. The number of nitrogens with zero attached hydrogens (tertiary/aromatic N) is 1. The van der Waals surface area contributed by atoms with E-state index in [2.05, 4.69) is 10.3 Å². The number of rotatable bonds is 7. The molecule has 1 atom stereocenters. The van der Waals surface area contributed by atoms with Gasteiger partial charge in [-0.2, -0.15) is 0 Å². The summed E-state index contributed by atoms with van der Waals surface area (Å²) in [7, 11) is 0. The Bertz CT molecular complexity index is 392. The lowest BCUT2D eigenvalue weighted by Gasteiger charge is -2.33. The molecule has 1 heterocycles. The smallest absolute Gasteiger partial charge is 0.0624 e. The molecule has 1 aromatic heterocycles. The molecule has 0 bridgehead atoms. The molecule has 2 N–H and O–H groups in total. The maximum absolute atomic E-state index is 9.85. The van der Waals surface area contributed by atoms with E-state index in [1.165, 1.54) is 30.6 Å². The number of thioether (sulfide) groups is 1. The van der Waals surface area contributed by atoms with Crippen molar-refractivity contribution in [1.29, 1.82) is 0 Å². The molecule has 98 valence electrons. The lowest BCUT2D eigenvalue weighted by molar-refractivity contribution is 0.157. The normalized spacial score (nSPS) is 22.7. The summed E-state index contributed by atoms with van der Waals surface area (Å²) in [5, 5.41) is 13.6.